The maximum Gasteiger partial charge on any atom is 0.272 e. The van der Waals surface area contributed by atoms with Crippen molar-refractivity contribution in [3.63, 3.8) is 0 Å². The summed E-state index contributed by atoms with van der Waals surface area (Å²) in [7, 11) is 1.60. The van der Waals surface area contributed by atoms with Crippen LogP contribution in [0.2, 0.25) is 0 Å². The number of hydrogen-bond donors (Lipinski definition) is 0. The van der Waals surface area contributed by atoms with E-state index in [9.17, 15) is 18.5 Å². The molecule has 0 bridgehead atoms. The third-order valence-corrected chi connectivity index (χ3v) is 4.04. The quantitative estimate of drug-likeness (QED) is 0.457. The van der Waals surface area contributed by atoms with Crippen LogP contribution in [0, 0.1) is 29.9 Å². The van der Waals surface area contributed by atoms with Crippen LogP contribution in [0.15, 0.2) is 12.1 Å². The van der Waals surface area contributed by atoms with Gasteiger partial charge in [0.1, 0.15) is 5.75 Å². The average Bonchev–Trinajstić information content (AvgIpc) is 2.27. The fourth-order valence-corrected chi connectivity index (χ4v) is 3.17. The Labute approximate surface area is 122 Å². The zero-order chi connectivity index (χ0) is 15.5. The van der Waals surface area contributed by atoms with Gasteiger partial charge in [0.05, 0.1) is 17.3 Å². The molecule has 6 nitrogen and oxygen atoms in total. The van der Waals surface area contributed by atoms with Gasteiger partial charge < -0.3 is 4.74 Å². The summed E-state index contributed by atoms with van der Waals surface area (Å²) in [4.78, 5) is 10.3. The van der Waals surface area contributed by atoms with Gasteiger partial charge in [0.15, 0.2) is 0 Å². The fraction of sp³-hybridized carbons (Fsp3) is 0.500. The molecule has 0 amide bonds. The van der Waals surface area contributed by atoms with Crippen molar-refractivity contribution in [1.82, 2.24) is 0 Å². The summed E-state index contributed by atoms with van der Waals surface area (Å²) in [6, 6.07) is 3.02. The van der Waals surface area contributed by atoms with Gasteiger partial charge in [0, 0.05) is 28.2 Å². The minimum Gasteiger partial charge on any atom is -0.493 e. The van der Waals surface area contributed by atoms with Crippen molar-refractivity contribution in [3.8, 4) is 5.75 Å². The first kappa shape index (κ1) is 16.7. The van der Waals surface area contributed by atoms with Crippen molar-refractivity contribution in [3.05, 3.63) is 33.4 Å². The Hall–Kier alpha value is -1.34. The van der Waals surface area contributed by atoms with Crippen LogP contribution in [-0.2, 0) is 9.05 Å². The molecule has 0 aliphatic heterocycles. The molecule has 0 radical (unpaired) electrons. The highest BCUT2D eigenvalue weighted by molar-refractivity contribution is 8.13. The van der Waals surface area contributed by atoms with Crippen LogP contribution in [0.1, 0.15) is 18.1 Å². The van der Waals surface area contributed by atoms with Crippen LogP contribution in [0.3, 0.4) is 0 Å². The molecule has 0 spiro atoms. The molecule has 0 N–H and O–H groups in total. The smallest absolute Gasteiger partial charge is 0.272 e. The van der Waals surface area contributed by atoms with Gasteiger partial charge in [-0.05, 0) is 25.5 Å². The maximum atomic E-state index is 10.9. The third kappa shape index (κ3) is 4.97. The topological polar surface area (TPSA) is 86.5 Å². The summed E-state index contributed by atoms with van der Waals surface area (Å²) in [6.45, 7) is 5.19. The van der Waals surface area contributed by atoms with Crippen molar-refractivity contribution in [2.24, 2.45) is 5.92 Å². The highest BCUT2D eigenvalue weighted by Gasteiger charge is 2.16. The summed E-state index contributed by atoms with van der Waals surface area (Å²) >= 11 is 0. The standard InChI is InChI=1S/C12H16ClNO5S/c1-8(7-20(13,17)18)6-19-12-5-9(2)11(14(15)16)4-10(12)3/h4-5,8H,6-7H2,1-3H3. The molecule has 1 unspecified atom stereocenters. The number of nitrogens with zero attached hydrogens (tertiary/aromatic N) is 1. The summed E-state index contributed by atoms with van der Waals surface area (Å²) in [5.74, 6) is 0.0545. The molecule has 112 valence electrons. The van der Waals surface area contributed by atoms with Gasteiger partial charge in [-0.3, -0.25) is 10.1 Å². The first-order valence-electron chi connectivity index (χ1n) is 5.91. The third-order valence-electron chi connectivity index (χ3n) is 2.70. The van der Waals surface area contributed by atoms with Gasteiger partial charge in [-0.15, -0.1) is 0 Å². The number of ether oxygens (including phenoxy) is 1. The molecular formula is C12H16ClNO5S. The zero-order valence-electron chi connectivity index (χ0n) is 11.4. The van der Waals surface area contributed by atoms with Crippen molar-refractivity contribution < 1.29 is 18.1 Å². The molecule has 1 atom stereocenters. The van der Waals surface area contributed by atoms with Crippen LogP contribution >= 0.6 is 10.7 Å². The number of hydrogen-bond acceptors (Lipinski definition) is 5. The lowest BCUT2D eigenvalue weighted by Crippen LogP contribution is -2.16. The first-order valence-corrected chi connectivity index (χ1v) is 8.38. The van der Waals surface area contributed by atoms with Crippen molar-refractivity contribution in [2.75, 3.05) is 12.4 Å². The second-order valence-electron chi connectivity index (χ2n) is 4.78. The van der Waals surface area contributed by atoms with E-state index in [1.165, 1.54) is 6.07 Å². The molecule has 0 aliphatic rings. The number of nitro groups is 1. The molecular weight excluding hydrogens is 306 g/mol. The van der Waals surface area contributed by atoms with Crippen LogP contribution in [0.4, 0.5) is 5.69 Å². The van der Waals surface area contributed by atoms with Gasteiger partial charge >= 0.3 is 0 Å². The minimum absolute atomic E-state index is 0.0336. The summed E-state index contributed by atoms with van der Waals surface area (Å²) in [5, 5.41) is 10.8. The second kappa shape index (κ2) is 6.41. The van der Waals surface area contributed by atoms with E-state index in [0.29, 0.717) is 16.9 Å². The van der Waals surface area contributed by atoms with Gasteiger partial charge in [0.2, 0.25) is 9.05 Å². The molecule has 1 aromatic rings. The molecule has 1 aromatic carbocycles. The second-order valence-corrected chi connectivity index (χ2v) is 7.60. The molecule has 8 heteroatoms. The Kier molecular flexibility index (Phi) is 5.35. The SMILES string of the molecule is Cc1cc([N+](=O)[O-])c(C)cc1OCC(C)CS(=O)(=O)Cl. The largest absolute Gasteiger partial charge is 0.493 e. The maximum absolute atomic E-state index is 10.9. The van der Waals surface area contributed by atoms with Crippen LogP contribution in [-0.4, -0.2) is 25.7 Å². The van der Waals surface area contributed by atoms with E-state index < -0.39 is 14.0 Å². The van der Waals surface area contributed by atoms with Crippen LogP contribution in [0.5, 0.6) is 5.75 Å². The molecule has 0 fully saturated rings. The van der Waals surface area contributed by atoms with E-state index in [-0.39, 0.29) is 24.0 Å². The lowest BCUT2D eigenvalue weighted by atomic mass is 10.1. The molecule has 1 rings (SSSR count). The Morgan fingerprint density at radius 3 is 2.45 bits per heavy atom. The highest BCUT2D eigenvalue weighted by atomic mass is 35.7. The van der Waals surface area contributed by atoms with E-state index in [1.54, 1.807) is 26.8 Å². The summed E-state index contributed by atoms with van der Waals surface area (Å²) < 4.78 is 27.4. The van der Waals surface area contributed by atoms with Crippen LogP contribution in [0.25, 0.3) is 0 Å². The number of benzene rings is 1. The highest BCUT2D eigenvalue weighted by Crippen LogP contribution is 2.28. The summed E-state index contributed by atoms with van der Waals surface area (Å²) in [5.41, 5.74) is 1.16. The lowest BCUT2D eigenvalue weighted by Gasteiger charge is -2.14. The average molecular weight is 322 g/mol. The van der Waals surface area contributed by atoms with Gasteiger partial charge in [-0.1, -0.05) is 6.92 Å². The Balaban J connectivity index is 2.79. The van der Waals surface area contributed by atoms with E-state index in [1.807, 2.05) is 0 Å². The number of halogens is 1. The normalized spacial score (nSPS) is 13.0. The molecule has 20 heavy (non-hydrogen) atoms. The van der Waals surface area contributed by atoms with Gasteiger partial charge in [0.25, 0.3) is 5.69 Å². The molecule has 0 heterocycles. The monoisotopic (exact) mass is 321 g/mol. The molecule has 0 aliphatic carbocycles. The van der Waals surface area contributed by atoms with E-state index in [0.717, 1.165) is 0 Å². The van der Waals surface area contributed by atoms with Crippen molar-refractivity contribution >= 4 is 25.4 Å². The van der Waals surface area contributed by atoms with Crippen molar-refractivity contribution in [2.45, 2.75) is 20.8 Å². The van der Waals surface area contributed by atoms with Gasteiger partial charge in [-0.25, -0.2) is 8.42 Å². The lowest BCUT2D eigenvalue weighted by molar-refractivity contribution is -0.385. The zero-order valence-corrected chi connectivity index (χ0v) is 13.0. The first-order chi connectivity index (χ1) is 9.10. The Bertz CT molecular complexity index is 615. The van der Waals surface area contributed by atoms with E-state index >= 15 is 0 Å². The van der Waals surface area contributed by atoms with Gasteiger partial charge in [-0.2, -0.15) is 0 Å². The summed E-state index contributed by atoms with van der Waals surface area (Å²) in [6.07, 6.45) is 0. The minimum atomic E-state index is -3.56. The number of aryl methyl sites for hydroxylation is 2. The van der Waals surface area contributed by atoms with E-state index in [4.69, 9.17) is 15.4 Å². The number of nitro benzene ring substituents is 1. The Morgan fingerprint density at radius 1 is 1.35 bits per heavy atom. The molecule has 0 saturated carbocycles. The fourth-order valence-electron chi connectivity index (χ4n) is 1.75. The number of rotatable bonds is 6. The Morgan fingerprint density at radius 2 is 1.95 bits per heavy atom. The predicted molar refractivity (Wildman–Crippen MR) is 76.9 cm³/mol. The van der Waals surface area contributed by atoms with E-state index in [2.05, 4.69) is 0 Å². The molecule has 0 saturated heterocycles. The predicted octanol–water partition coefficient (Wildman–Crippen LogP) is 2.80. The van der Waals surface area contributed by atoms with Crippen molar-refractivity contribution in [1.29, 1.82) is 0 Å². The van der Waals surface area contributed by atoms with Crippen LogP contribution < -0.4 is 4.74 Å². The molecule has 0 aromatic heterocycles.